The minimum Gasteiger partial charge on any atom is -0.444 e. The van der Waals surface area contributed by atoms with E-state index in [4.69, 9.17) is 4.74 Å². The number of amides is 3. The molecule has 2 aliphatic heterocycles. The monoisotopic (exact) mass is 388 g/mol. The highest BCUT2D eigenvalue weighted by molar-refractivity contribution is 5.98. The SMILES string of the molecule is CC(C)(C)OC(=O)N1CCN(CC(=O)Nc2cccc3c2CCC(=O)N3)CC1. The molecule has 0 aromatic heterocycles. The minimum atomic E-state index is -0.512. The Bertz CT molecular complexity index is 764. The van der Waals surface area contributed by atoms with Crippen molar-refractivity contribution in [1.82, 2.24) is 9.80 Å². The number of carbonyl (C=O) groups excluding carboxylic acids is 3. The fourth-order valence-electron chi connectivity index (χ4n) is 3.35. The van der Waals surface area contributed by atoms with Gasteiger partial charge in [-0.05, 0) is 44.9 Å². The summed E-state index contributed by atoms with van der Waals surface area (Å²) < 4.78 is 5.39. The molecule has 28 heavy (non-hydrogen) atoms. The third-order valence-electron chi connectivity index (χ3n) is 4.72. The maximum atomic E-state index is 12.5. The van der Waals surface area contributed by atoms with Crippen molar-refractivity contribution in [3.63, 3.8) is 0 Å². The van der Waals surface area contributed by atoms with Gasteiger partial charge in [0.25, 0.3) is 0 Å². The first kappa shape index (κ1) is 20.1. The van der Waals surface area contributed by atoms with Gasteiger partial charge in [0.2, 0.25) is 11.8 Å². The van der Waals surface area contributed by atoms with Gasteiger partial charge in [0.15, 0.2) is 0 Å². The third kappa shape index (κ3) is 5.22. The van der Waals surface area contributed by atoms with Crippen LogP contribution in [0.1, 0.15) is 32.8 Å². The zero-order valence-corrected chi connectivity index (χ0v) is 16.7. The molecule has 2 N–H and O–H groups in total. The summed E-state index contributed by atoms with van der Waals surface area (Å²) in [7, 11) is 0. The first-order valence-corrected chi connectivity index (χ1v) is 9.63. The summed E-state index contributed by atoms with van der Waals surface area (Å²) in [4.78, 5) is 39.8. The van der Waals surface area contributed by atoms with Gasteiger partial charge in [-0.25, -0.2) is 4.79 Å². The lowest BCUT2D eigenvalue weighted by molar-refractivity contribution is -0.118. The molecular weight excluding hydrogens is 360 g/mol. The summed E-state index contributed by atoms with van der Waals surface area (Å²) in [5.74, 6) is -0.102. The minimum absolute atomic E-state index is 0.00108. The fraction of sp³-hybridized carbons (Fsp3) is 0.550. The van der Waals surface area contributed by atoms with Crippen LogP contribution in [0.25, 0.3) is 0 Å². The van der Waals surface area contributed by atoms with Crippen molar-refractivity contribution in [2.75, 3.05) is 43.4 Å². The second kappa shape index (κ2) is 8.18. The number of hydrogen-bond donors (Lipinski definition) is 2. The molecule has 0 aliphatic carbocycles. The van der Waals surface area contributed by atoms with E-state index >= 15 is 0 Å². The van der Waals surface area contributed by atoms with Crippen molar-refractivity contribution in [2.45, 2.75) is 39.2 Å². The molecule has 1 fully saturated rings. The average Bonchev–Trinajstić information content (AvgIpc) is 2.60. The Morgan fingerprint density at radius 2 is 1.86 bits per heavy atom. The van der Waals surface area contributed by atoms with Crippen molar-refractivity contribution in [3.8, 4) is 0 Å². The van der Waals surface area contributed by atoms with Crippen molar-refractivity contribution in [3.05, 3.63) is 23.8 Å². The Balaban J connectivity index is 1.50. The van der Waals surface area contributed by atoms with Crippen LogP contribution in [0.5, 0.6) is 0 Å². The number of anilines is 2. The van der Waals surface area contributed by atoms with Gasteiger partial charge in [-0.2, -0.15) is 0 Å². The standard InChI is InChI=1S/C20H28N4O4/c1-20(2,3)28-19(27)24-11-9-23(10-12-24)13-18(26)22-16-6-4-5-15-14(16)7-8-17(25)21-15/h4-6H,7-13H2,1-3H3,(H,21,25)(H,22,26). The number of benzene rings is 1. The van der Waals surface area contributed by atoms with E-state index in [-0.39, 0.29) is 24.5 Å². The second-order valence-corrected chi connectivity index (χ2v) is 8.17. The Kier molecular flexibility index (Phi) is 5.88. The van der Waals surface area contributed by atoms with Crippen molar-refractivity contribution < 1.29 is 19.1 Å². The molecule has 8 nitrogen and oxygen atoms in total. The number of ether oxygens (including phenoxy) is 1. The quantitative estimate of drug-likeness (QED) is 0.827. The second-order valence-electron chi connectivity index (χ2n) is 8.17. The number of nitrogens with one attached hydrogen (secondary N) is 2. The number of nitrogens with zero attached hydrogens (tertiary/aromatic N) is 2. The number of rotatable bonds is 3. The Hall–Kier alpha value is -2.61. The van der Waals surface area contributed by atoms with Gasteiger partial charge in [-0.15, -0.1) is 0 Å². The normalized spacial score (nSPS) is 17.5. The molecule has 1 saturated heterocycles. The van der Waals surface area contributed by atoms with E-state index in [9.17, 15) is 14.4 Å². The van der Waals surface area contributed by atoms with E-state index in [1.165, 1.54) is 0 Å². The molecule has 2 aliphatic rings. The van der Waals surface area contributed by atoms with E-state index in [0.717, 1.165) is 16.9 Å². The van der Waals surface area contributed by atoms with Crippen LogP contribution in [0.2, 0.25) is 0 Å². The van der Waals surface area contributed by atoms with Crippen LogP contribution < -0.4 is 10.6 Å². The lowest BCUT2D eigenvalue weighted by Gasteiger charge is -2.35. The molecule has 0 radical (unpaired) electrons. The molecule has 152 valence electrons. The third-order valence-corrected chi connectivity index (χ3v) is 4.72. The van der Waals surface area contributed by atoms with Crippen LogP contribution in [0.3, 0.4) is 0 Å². The maximum absolute atomic E-state index is 12.5. The summed E-state index contributed by atoms with van der Waals surface area (Å²) in [6.45, 7) is 8.12. The molecule has 1 aromatic rings. The first-order chi connectivity index (χ1) is 13.2. The van der Waals surface area contributed by atoms with E-state index in [1.54, 1.807) is 4.90 Å². The van der Waals surface area contributed by atoms with Crippen LogP contribution >= 0.6 is 0 Å². The lowest BCUT2D eigenvalue weighted by atomic mass is 10.0. The molecule has 0 bridgehead atoms. The summed E-state index contributed by atoms with van der Waals surface area (Å²) >= 11 is 0. The smallest absolute Gasteiger partial charge is 0.410 e. The number of fused-ring (bicyclic) bond motifs is 1. The largest absolute Gasteiger partial charge is 0.444 e. The molecule has 8 heteroatoms. The van der Waals surface area contributed by atoms with Gasteiger partial charge in [0, 0.05) is 44.0 Å². The number of piperazine rings is 1. The molecule has 3 amide bonds. The summed E-state index contributed by atoms with van der Waals surface area (Å²) in [5, 5.41) is 5.80. The molecule has 0 spiro atoms. The summed E-state index contributed by atoms with van der Waals surface area (Å²) in [6, 6.07) is 5.52. The van der Waals surface area contributed by atoms with Gasteiger partial charge in [-0.1, -0.05) is 6.07 Å². The predicted octanol–water partition coefficient (Wildman–Crippen LogP) is 2.06. The Morgan fingerprint density at radius 1 is 1.14 bits per heavy atom. The Morgan fingerprint density at radius 3 is 2.54 bits per heavy atom. The predicted molar refractivity (Wildman–Crippen MR) is 106 cm³/mol. The van der Waals surface area contributed by atoms with E-state index in [2.05, 4.69) is 10.6 Å². The molecular formula is C20H28N4O4. The Labute approximate surface area is 165 Å². The van der Waals surface area contributed by atoms with Crippen LogP contribution in [0.15, 0.2) is 18.2 Å². The fourth-order valence-corrected chi connectivity index (χ4v) is 3.35. The van der Waals surface area contributed by atoms with Gasteiger partial charge in [0.1, 0.15) is 5.60 Å². The zero-order valence-electron chi connectivity index (χ0n) is 16.7. The van der Waals surface area contributed by atoms with Gasteiger partial charge in [0.05, 0.1) is 6.54 Å². The van der Waals surface area contributed by atoms with Gasteiger partial charge >= 0.3 is 6.09 Å². The maximum Gasteiger partial charge on any atom is 0.410 e. The van der Waals surface area contributed by atoms with Crippen LogP contribution in [-0.4, -0.2) is 66.0 Å². The topological polar surface area (TPSA) is 91.0 Å². The summed E-state index contributed by atoms with van der Waals surface area (Å²) in [6.07, 6.45) is 0.730. The van der Waals surface area contributed by atoms with E-state index < -0.39 is 5.60 Å². The van der Waals surface area contributed by atoms with Gasteiger partial charge in [-0.3, -0.25) is 14.5 Å². The van der Waals surface area contributed by atoms with Crippen molar-refractivity contribution in [1.29, 1.82) is 0 Å². The lowest BCUT2D eigenvalue weighted by Crippen LogP contribution is -2.51. The molecule has 1 aromatic carbocycles. The molecule has 0 atom stereocenters. The number of hydrogen-bond acceptors (Lipinski definition) is 5. The average molecular weight is 388 g/mol. The zero-order chi connectivity index (χ0) is 20.3. The van der Waals surface area contributed by atoms with Crippen molar-refractivity contribution >= 4 is 29.3 Å². The van der Waals surface area contributed by atoms with Crippen LogP contribution in [0, 0.1) is 0 Å². The van der Waals surface area contributed by atoms with E-state index in [0.29, 0.717) is 39.0 Å². The highest BCUT2D eigenvalue weighted by Gasteiger charge is 2.27. The summed E-state index contributed by atoms with van der Waals surface area (Å²) in [5.41, 5.74) is 1.96. The molecule has 2 heterocycles. The molecule has 0 unspecified atom stereocenters. The highest BCUT2D eigenvalue weighted by atomic mass is 16.6. The first-order valence-electron chi connectivity index (χ1n) is 9.63. The molecule has 0 saturated carbocycles. The highest BCUT2D eigenvalue weighted by Crippen LogP contribution is 2.29. The van der Waals surface area contributed by atoms with E-state index in [1.807, 2.05) is 43.9 Å². The van der Waals surface area contributed by atoms with Crippen molar-refractivity contribution in [2.24, 2.45) is 0 Å². The number of carbonyl (C=O) groups is 3. The molecule has 3 rings (SSSR count). The van der Waals surface area contributed by atoms with Crippen LogP contribution in [0.4, 0.5) is 16.2 Å². The van der Waals surface area contributed by atoms with Gasteiger partial charge < -0.3 is 20.3 Å². The van der Waals surface area contributed by atoms with Crippen LogP contribution in [-0.2, 0) is 20.7 Å².